The Kier molecular flexibility index (Phi) is 6.65. The molecule has 2 rings (SSSR count). The summed E-state index contributed by atoms with van der Waals surface area (Å²) >= 11 is 1.30. The molecule has 2 aromatic rings. The molecule has 8 nitrogen and oxygen atoms in total. The number of aryl methyl sites for hydroxylation is 1. The summed E-state index contributed by atoms with van der Waals surface area (Å²) in [5, 5.41) is 13.2. The molecule has 0 aliphatic carbocycles. The van der Waals surface area contributed by atoms with E-state index in [0.29, 0.717) is 29.7 Å². The molecule has 2 heterocycles. The number of thioether (sulfide) groups is 1. The highest BCUT2D eigenvalue weighted by Gasteiger charge is 2.23. The highest BCUT2D eigenvalue weighted by molar-refractivity contribution is 8.00. The number of amides is 1. The fourth-order valence-electron chi connectivity index (χ4n) is 2.21. The largest absolute Gasteiger partial charge is 0.360 e. The topological polar surface area (TPSA) is 106 Å². The number of aromatic nitrogens is 4. The number of rotatable bonds is 9. The predicted molar refractivity (Wildman–Crippen MR) is 92.2 cm³/mol. The van der Waals surface area contributed by atoms with E-state index in [4.69, 9.17) is 4.52 Å². The molecule has 1 atom stereocenters. The van der Waals surface area contributed by atoms with E-state index in [0.717, 1.165) is 19.3 Å². The van der Waals surface area contributed by atoms with Crippen LogP contribution in [0.5, 0.6) is 0 Å². The van der Waals surface area contributed by atoms with Gasteiger partial charge in [-0.05, 0) is 19.8 Å². The Morgan fingerprint density at radius 2 is 2.25 bits per heavy atom. The molecular formula is C15H23N5O3S. The average Bonchev–Trinajstić information content (AvgIpc) is 3.11. The molecule has 1 unspecified atom stereocenters. The van der Waals surface area contributed by atoms with Crippen LogP contribution in [0.2, 0.25) is 0 Å². The quantitative estimate of drug-likeness (QED) is 0.671. The van der Waals surface area contributed by atoms with E-state index in [1.54, 1.807) is 17.6 Å². The number of carbonyl (C=O) groups is 1. The number of H-pyrrole nitrogens is 1. The summed E-state index contributed by atoms with van der Waals surface area (Å²) in [5.74, 6) is 0.861. The molecule has 132 valence electrons. The van der Waals surface area contributed by atoms with Crippen molar-refractivity contribution in [1.82, 2.24) is 19.9 Å². The number of hydrogen-bond donors (Lipinski definition) is 2. The molecule has 0 saturated carbocycles. The number of hydrogen-bond acceptors (Lipinski definition) is 6. The number of aromatic amines is 1. The van der Waals surface area contributed by atoms with Gasteiger partial charge in [0.05, 0.1) is 5.25 Å². The molecule has 0 spiro atoms. The number of carbonyl (C=O) groups excluding carboxylic acids is 1. The lowest BCUT2D eigenvalue weighted by molar-refractivity contribution is -0.115. The second-order valence-electron chi connectivity index (χ2n) is 5.52. The fraction of sp³-hybridized carbons (Fsp3) is 0.600. The summed E-state index contributed by atoms with van der Waals surface area (Å²) in [7, 11) is 0. The zero-order valence-corrected chi connectivity index (χ0v) is 15.0. The number of nitrogens with one attached hydrogen (secondary N) is 2. The van der Waals surface area contributed by atoms with Gasteiger partial charge >= 0.3 is 5.69 Å². The van der Waals surface area contributed by atoms with Gasteiger partial charge in [-0.25, -0.2) is 9.89 Å². The highest BCUT2D eigenvalue weighted by Crippen LogP contribution is 2.26. The van der Waals surface area contributed by atoms with Gasteiger partial charge in [-0.3, -0.25) is 9.36 Å². The minimum atomic E-state index is -0.354. The first-order valence-corrected chi connectivity index (χ1v) is 8.99. The smallest absolute Gasteiger partial charge is 0.343 e. The van der Waals surface area contributed by atoms with Crippen molar-refractivity contribution in [3.63, 3.8) is 0 Å². The third-order valence-electron chi connectivity index (χ3n) is 3.41. The molecule has 1 amide bonds. The summed E-state index contributed by atoms with van der Waals surface area (Å²) in [4.78, 5) is 24.4. The van der Waals surface area contributed by atoms with Crippen molar-refractivity contribution >= 4 is 23.5 Å². The average molecular weight is 353 g/mol. The van der Waals surface area contributed by atoms with Gasteiger partial charge in [-0.15, -0.1) is 5.10 Å². The standard InChI is InChI=1S/C15H23N5O3S/c1-4-6-7-11(13(21)16-12-9-10(3)23-19-12)24-15-18-17-14(22)20(15)8-5-2/h9,11H,4-8H2,1-3H3,(H,17,22)(H,16,19,21). The van der Waals surface area contributed by atoms with Crippen LogP contribution in [0.15, 0.2) is 20.5 Å². The molecule has 0 aromatic carbocycles. The monoisotopic (exact) mass is 353 g/mol. The minimum absolute atomic E-state index is 0.166. The number of anilines is 1. The lowest BCUT2D eigenvalue weighted by Crippen LogP contribution is -2.26. The summed E-state index contributed by atoms with van der Waals surface area (Å²) in [6.45, 7) is 6.39. The Morgan fingerprint density at radius 3 is 2.88 bits per heavy atom. The van der Waals surface area contributed by atoms with Crippen LogP contribution >= 0.6 is 11.8 Å². The number of unbranched alkanes of at least 4 members (excludes halogenated alkanes) is 1. The second-order valence-corrected chi connectivity index (χ2v) is 6.69. The third kappa shape index (κ3) is 4.73. The van der Waals surface area contributed by atoms with Gasteiger partial charge < -0.3 is 9.84 Å². The molecule has 0 aliphatic heterocycles. The van der Waals surface area contributed by atoms with E-state index in [-0.39, 0.29) is 16.8 Å². The predicted octanol–water partition coefficient (Wildman–Crippen LogP) is 2.57. The van der Waals surface area contributed by atoms with Crippen molar-refractivity contribution in [2.75, 3.05) is 5.32 Å². The molecule has 0 bridgehead atoms. The Balaban J connectivity index is 2.12. The van der Waals surface area contributed by atoms with Crippen LogP contribution in [0.25, 0.3) is 0 Å². The Labute approximate surface area is 144 Å². The van der Waals surface area contributed by atoms with Crippen molar-refractivity contribution in [1.29, 1.82) is 0 Å². The van der Waals surface area contributed by atoms with Gasteiger partial charge in [0, 0.05) is 12.6 Å². The van der Waals surface area contributed by atoms with E-state index < -0.39 is 0 Å². The van der Waals surface area contributed by atoms with E-state index in [2.05, 4.69) is 27.6 Å². The van der Waals surface area contributed by atoms with Crippen LogP contribution in [0, 0.1) is 6.92 Å². The normalized spacial score (nSPS) is 12.3. The first-order valence-electron chi connectivity index (χ1n) is 8.11. The Morgan fingerprint density at radius 1 is 1.46 bits per heavy atom. The van der Waals surface area contributed by atoms with E-state index in [1.165, 1.54) is 11.8 Å². The number of nitrogens with zero attached hydrogens (tertiary/aromatic N) is 3. The van der Waals surface area contributed by atoms with Crippen LogP contribution in [0.1, 0.15) is 45.3 Å². The van der Waals surface area contributed by atoms with Crippen LogP contribution in [0.3, 0.4) is 0 Å². The van der Waals surface area contributed by atoms with Crippen molar-refractivity contribution in [2.24, 2.45) is 0 Å². The zero-order chi connectivity index (χ0) is 17.5. The summed E-state index contributed by atoms with van der Waals surface area (Å²) in [5.41, 5.74) is -0.249. The lowest BCUT2D eigenvalue weighted by atomic mass is 10.2. The molecule has 2 N–H and O–H groups in total. The van der Waals surface area contributed by atoms with Gasteiger partial charge in [0.1, 0.15) is 5.76 Å². The summed E-state index contributed by atoms with van der Waals surface area (Å²) < 4.78 is 6.53. The minimum Gasteiger partial charge on any atom is -0.360 e. The van der Waals surface area contributed by atoms with Gasteiger partial charge in [0.15, 0.2) is 11.0 Å². The maximum absolute atomic E-state index is 12.6. The Bertz CT molecular complexity index is 721. The fourth-order valence-corrected chi connectivity index (χ4v) is 3.31. The van der Waals surface area contributed by atoms with Crippen molar-refractivity contribution in [3.8, 4) is 0 Å². The lowest BCUT2D eigenvalue weighted by Gasteiger charge is -2.15. The van der Waals surface area contributed by atoms with Crippen LogP contribution < -0.4 is 11.0 Å². The molecule has 24 heavy (non-hydrogen) atoms. The first-order chi connectivity index (χ1) is 11.5. The van der Waals surface area contributed by atoms with Crippen LogP contribution in [0.4, 0.5) is 5.82 Å². The first kappa shape index (κ1) is 18.3. The summed E-state index contributed by atoms with van der Waals surface area (Å²) in [6.07, 6.45) is 3.40. The van der Waals surface area contributed by atoms with Crippen molar-refractivity contribution in [2.45, 2.75) is 63.4 Å². The van der Waals surface area contributed by atoms with E-state index >= 15 is 0 Å². The molecule has 0 fully saturated rings. The molecule has 2 aromatic heterocycles. The maximum atomic E-state index is 12.6. The van der Waals surface area contributed by atoms with E-state index in [9.17, 15) is 9.59 Å². The third-order valence-corrected chi connectivity index (χ3v) is 4.67. The molecule has 9 heteroatoms. The molecular weight excluding hydrogens is 330 g/mol. The SMILES string of the molecule is CCCCC(Sc1n[nH]c(=O)n1CCC)C(=O)Nc1cc(C)on1. The zero-order valence-electron chi connectivity index (χ0n) is 14.2. The van der Waals surface area contributed by atoms with Crippen LogP contribution in [-0.4, -0.2) is 31.1 Å². The van der Waals surface area contributed by atoms with Crippen LogP contribution in [-0.2, 0) is 11.3 Å². The van der Waals surface area contributed by atoms with E-state index in [1.807, 2.05) is 6.92 Å². The summed E-state index contributed by atoms with van der Waals surface area (Å²) in [6, 6.07) is 1.67. The van der Waals surface area contributed by atoms with Gasteiger partial charge in [-0.1, -0.05) is 43.6 Å². The Hall–Kier alpha value is -2.03. The maximum Gasteiger partial charge on any atom is 0.343 e. The van der Waals surface area contributed by atoms with Gasteiger partial charge in [0.2, 0.25) is 5.91 Å². The van der Waals surface area contributed by atoms with Gasteiger partial charge in [-0.2, -0.15) is 0 Å². The molecule has 0 radical (unpaired) electrons. The van der Waals surface area contributed by atoms with Gasteiger partial charge in [0.25, 0.3) is 0 Å². The molecule has 0 aliphatic rings. The molecule has 0 saturated heterocycles. The second kappa shape index (κ2) is 8.72. The van der Waals surface area contributed by atoms with Crippen molar-refractivity contribution < 1.29 is 9.32 Å². The highest BCUT2D eigenvalue weighted by atomic mass is 32.2. The van der Waals surface area contributed by atoms with Crippen molar-refractivity contribution in [3.05, 3.63) is 22.3 Å².